The Balaban J connectivity index is 2.97. The molecule has 74 valence electrons. The van der Waals surface area contributed by atoms with Crippen LogP contribution in [0.3, 0.4) is 0 Å². The van der Waals surface area contributed by atoms with E-state index in [1.54, 1.807) is 0 Å². The fourth-order valence-corrected chi connectivity index (χ4v) is 5.59. The molecule has 0 spiro atoms. The van der Waals surface area contributed by atoms with Crippen LogP contribution >= 0.6 is 0 Å². The third-order valence-corrected chi connectivity index (χ3v) is 5.16. The summed E-state index contributed by atoms with van der Waals surface area (Å²) >= 11 is 0. The molecule has 0 aromatic rings. The normalized spacial score (nSPS) is 20.5. The number of hydrogen-bond acceptors (Lipinski definition) is 1. The average molecular weight is 196 g/mol. The van der Waals surface area contributed by atoms with Gasteiger partial charge in [0, 0.05) is 17.4 Å². The van der Waals surface area contributed by atoms with Gasteiger partial charge in [0.1, 0.15) is 0 Å². The summed E-state index contributed by atoms with van der Waals surface area (Å²) < 4.78 is 0. The van der Waals surface area contributed by atoms with Gasteiger partial charge in [-0.15, -0.1) is 0 Å². The van der Waals surface area contributed by atoms with Crippen molar-refractivity contribution in [3.63, 3.8) is 0 Å². The molecule has 0 aliphatic heterocycles. The van der Waals surface area contributed by atoms with Crippen LogP contribution in [0.1, 0.15) is 27.2 Å². The molecule has 1 rings (SSSR count). The zero-order valence-corrected chi connectivity index (χ0v) is 10.6. The van der Waals surface area contributed by atoms with Crippen molar-refractivity contribution in [3.05, 3.63) is 10.8 Å². The van der Waals surface area contributed by atoms with Gasteiger partial charge in [-0.25, -0.2) is 0 Å². The summed E-state index contributed by atoms with van der Waals surface area (Å²) in [6, 6.07) is 0. The summed E-state index contributed by atoms with van der Waals surface area (Å²) in [5.41, 5.74) is 1.28. The molecule has 13 heavy (non-hydrogen) atoms. The van der Waals surface area contributed by atoms with Crippen LogP contribution < -0.4 is 0 Å². The van der Waals surface area contributed by atoms with Gasteiger partial charge < -0.3 is 0 Å². The Morgan fingerprint density at radius 3 is 2.00 bits per heavy atom. The Labute approximate surface area is 82.2 Å². The molecule has 1 nitrogen and oxygen atoms in total. The highest BCUT2D eigenvalue weighted by Gasteiger charge is 2.52. The third-order valence-electron chi connectivity index (χ3n) is 2.79. The molecule has 0 N–H and O–H groups in total. The predicted octanol–water partition coefficient (Wildman–Crippen LogP) is 3.18. The van der Waals surface area contributed by atoms with Crippen molar-refractivity contribution in [1.82, 2.24) is 0 Å². The van der Waals surface area contributed by atoms with Crippen LogP contribution in [-0.2, 0) is 4.79 Å². The Kier molecular flexibility index (Phi) is 2.31. The van der Waals surface area contributed by atoms with Crippen molar-refractivity contribution >= 4 is 13.9 Å². The fourth-order valence-electron chi connectivity index (χ4n) is 2.45. The van der Waals surface area contributed by atoms with Gasteiger partial charge in [0.2, 0.25) is 0 Å². The molecule has 2 heteroatoms. The molecule has 0 atom stereocenters. The van der Waals surface area contributed by atoms with E-state index in [1.807, 2.05) is 6.92 Å². The molecule has 0 saturated carbocycles. The second kappa shape index (κ2) is 2.81. The summed E-state index contributed by atoms with van der Waals surface area (Å²) in [7, 11) is -1.24. The smallest absolute Gasteiger partial charge is 0.159 e. The maximum atomic E-state index is 11.6. The molecular weight excluding hydrogens is 176 g/mol. The second-order valence-corrected chi connectivity index (χ2v) is 10.4. The second-order valence-electron chi connectivity index (χ2n) is 5.40. The fraction of sp³-hybridized carbons (Fsp3) is 0.727. The molecule has 0 fully saturated rings. The minimum absolute atomic E-state index is 0.136. The van der Waals surface area contributed by atoms with E-state index in [1.165, 1.54) is 5.20 Å². The summed E-state index contributed by atoms with van der Waals surface area (Å²) in [5, 5.41) is 1.49. The number of carbonyl (C=O) groups is 1. The number of hydrogen-bond donors (Lipinski definition) is 0. The lowest BCUT2D eigenvalue weighted by atomic mass is 10.0. The van der Waals surface area contributed by atoms with Crippen LogP contribution in [0.2, 0.25) is 19.6 Å². The first-order chi connectivity index (χ1) is 5.73. The summed E-state index contributed by atoms with van der Waals surface area (Å²) in [5.74, 6) is 0.363. The van der Waals surface area contributed by atoms with Crippen LogP contribution in [-0.4, -0.2) is 13.9 Å². The van der Waals surface area contributed by atoms with Crippen molar-refractivity contribution in [3.8, 4) is 0 Å². The van der Waals surface area contributed by atoms with E-state index in [4.69, 9.17) is 0 Å². The van der Waals surface area contributed by atoms with E-state index in [0.29, 0.717) is 12.2 Å². The zero-order valence-electron chi connectivity index (χ0n) is 9.62. The summed E-state index contributed by atoms with van der Waals surface area (Å²) in [6.07, 6.45) is 0.659. The largest absolute Gasteiger partial charge is 0.295 e. The van der Waals surface area contributed by atoms with Gasteiger partial charge in [-0.2, -0.15) is 0 Å². The molecule has 1 aliphatic rings. The maximum absolute atomic E-state index is 11.6. The molecule has 0 aromatic heterocycles. The Bertz CT molecular complexity index is 279. The predicted molar refractivity (Wildman–Crippen MR) is 59.5 cm³/mol. The minimum atomic E-state index is -1.24. The number of allylic oxidation sites excluding steroid dienone is 2. The SMILES string of the molecule is CCC(=O)C1=C([Si](C)(C)C)C1(C)C. The molecule has 0 saturated heterocycles. The Hall–Kier alpha value is -0.373. The highest BCUT2D eigenvalue weighted by Crippen LogP contribution is 2.56. The average Bonchev–Trinajstić information content (AvgIpc) is 2.51. The van der Waals surface area contributed by atoms with Crippen LogP contribution in [0.4, 0.5) is 0 Å². The summed E-state index contributed by atoms with van der Waals surface area (Å²) in [4.78, 5) is 11.6. The van der Waals surface area contributed by atoms with Crippen LogP contribution in [0.25, 0.3) is 0 Å². The van der Waals surface area contributed by atoms with Gasteiger partial charge in [0.25, 0.3) is 0 Å². The summed E-state index contributed by atoms with van der Waals surface area (Å²) in [6.45, 7) is 13.3. The van der Waals surface area contributed by atoms with Gasteiger partial charge in [0.15, 0.2) is 5.78 Å². The van der Waals surface area contributed by atoms with E-state index < -0.39 is 8.07 Å². The first kappa shape index (κ1) is 10.7. The molecule has 0 unspecified atom stereocenters. The van der Waals surface area contributed by atoms with Crippen LogP contribution in [0.15, 0.2) is 10.8 Å². The number of ketones is 1. The molecule has 0 bridgehead atoms. The molecule has 0 heterocycles. The highest BCUT2D eigenvalue weighted by molar-refractivity contribution is 6.85. The Morgan fingerprint density at radius 1 is 1.31 bits per heavy atom. The number of carbonyl (C=O) groups excluding carboxylic acids is 1. The van der Waals surface area contributed by atoms with E-state index >= 15 is 0 Å². The topological polar surface area (TPSA) is 17.1 Å². The van der Waals surface area contributed by atoms with Gasteiger partial charge in [-0.1, -0.05) is 45.6 Å². The van der Waals surface area contributed by atoms with Gasteiger partial charge in [0.05, 0.1) is 8.07 Å². The van der Waals surface area contributed by atoms with E-state index in [-0.39, 0.29) is 5.41 Å². The molecule has 0 aromatic carbocycles. The number of Topliss-reactive ketones (excluding diaryl/α,β-unsaturated/α-hetero) is 1. The van der Waals surface area contributed by atoms with Crippen molar-refractivity contribution in [1.29, 1.82) is 0 Å². The lowest BCUT2D eigenvalue weighted by molar-refractivity contribution is -0.115. The lowest BCUT2D eigenvalue weighted by Gasteiger charge is -2.16. The van der Waals surface area contributed by atoms with Crippen molar-refractivity contribution in [2.24, 2.45) is 5.41 Å². The number of rotatable bonds is 3. The van der Waals surface area contributed by atoms with Gasteiger partial charge in [-0.3, -0.25) is 4.79 Å². The molecule has 0 amide bonds. The highest BCUT2D eigenvalue weighted by atomic mass is 28.3. The van der Waals surface area contributed by atoms with Gasteiger partial charge >= 0.3 is 0 Å². The van der Waals surface area contributed by atoms with E-state index in [2.05, 4.69) is 33.5 Å². The monoisotopic (exact) mass is 196 g/mol. The van der Waals surface area contributed by atoms with Crippen molar-refractivity contribution in [2.45, 2.75) is 46.8 Å². The molecule has 1 aliphatic carbocycles. The lowest BCUT2D eigenvalue weighted by Crippen LogP contribution is -2.22. The minimum Gasteiger partial charge on any atom is -0.295 e. The first-order valence-electron chi connectivity index (χ1n) is 5.01. The first-order valence-corrected chi connectivity index (χ1v) is 8.51. The van der Waals surface area contributed by atoms with Crippen LogP contribution in [0.5, 0.6) is 0 Å². The third kappa shape index (κ3) is 1.64. The van der Waals surface area contributed by atoms with E-state index in [9.17, 15) is 4.79 Å². The van der Waals surface area contributed by atoms with E-state index in [0.717, 1.165) is 5.57 Å². The zero-order chi connectivity index (χ0) is 10.4. The molecule has 0 radical (unpaired) electrons. The van der Waals surface area contributed by atoms with Gasteiger partial charge in [-0.05, 0) is 0 Å². The maximum Gasteiger partial charge on any atom is 0.159 e. The van der Waals surface area contributed by atoms with Crippen molar-refractivity contribution in [2.75, 3.05) is 0 Å². The quantitative estimate of drug-likeness (QED) is 0.634. The standard InChI is InChI=1S/C11H20OSi/c1-7-8(12)9-10(11(9,2)3)13(4,5)6/h7H2,1-6H3. The molecular formula is C11H20OSi. The van der Waals surface area contributed by atoms with Crippen LogP contribution in [0, 0.1) is 5.41 Å². The van der Waals surface area contributed by atoms with Crippen molar-refractivity contribution < 1.29 is 4.79 Å². The Morgan fingerprint density at radius 2 is 1.77 bits per heavy atom.